The number of halogens is 1. The number of rotatable bonds is 5. The van der Waals surface area contributed by atoms with Gasteiger partial charge in [0.2, 0.25) is 10.0 Å². The number of hydrogen-bond donors (Lipinski definition) is 2. The van der Waals surface area contributed by atoms with E-state index in [-0.39, 0.29) is 28.9 Å². The fraction of sp³-hybridized carbons (Fsp3) is 0.467. The molecule has 0 radical (unpaired) electrons. The van der Waals surface area contributed by atoms with E-state index in [0.717, 1.165) is 25.0 Å². The van der Waals surface area contributed by atoms with Crippen molar-refractivity contribution in [3.63, 3.8) is 0 Å². The lowest BCUT2D eigenvalue weighted by molar-refractivity contribution is 0.305. The standard InChI is InChI=1S/C15H18FNO3S/c1-15(7-8-15)11-17-21(19,20)14-6-5-13(16)10-12(14)4-2-3-9-18/h5-6,10,17-18H,3,7-9,11H2,1H3. The molecule has 1 fully saturated rings. The highest BCUT2D eigenvalue weighted by Gasteiger charge is 2.38. The van der Waals surface area contributed by atoms with Gasteiger partial charge in [-0.1, -0.05) is 18.8 Å². The lowest BCUT2D eigenvalue weighted by Gasteiger charge is -2.12. The highest BCUT2D eigenvalue weighted by molar-refractivity contribution is 7.89. The molecule has 0 bridgehead atoms. The van der Waals surface area contributed by atoms with Gasteiger partial charge in [-0.2, -0.15) is 0 Å². The summed E-state index contributed by atoms with van der Waals surface area (Å²) in [5.74, 6) is 4.68. The topological polar surface area (TPSA) is 66.4 Å². The minimum Gasteiger partial charge on any atom is -0.395 e. The van der Waals surface area contributed by atoms with E-state index in [1.165, 1.54) is 6.07 Å². The van der Waals surface area contributed by atoms with E-state index in [1.807, 2.05) is 6.92 Å². The average Bonchev–Trinajstić information content (AvgIpc) is 3.16. The minimum absolute atomic E-state index is 0.0291. The molecule has 2 N–H and O–H groups in total. The molecule has 0 spiro atoms. The van der Waals surface area contributed by atoms with Crippen LogP contribution in [0, 0.1) is 23.1 Å². The van der Waals surface area contributed by atoms with E-state index >= 15 is 0 Å². The fourth-order valence-corrected chi connectivity index (χ4v) is 3.13. The smallest absolute Gasteiger partial charge is 0.241 e. The first-order valence-electron chi connectivity index (χ1n) is 6.75. The monoisotopic (exact) mass is 311 g/mol. The summed E-state index contributed by atoms with van der Waals surface area (Å²) >= 11 is 0. The van der Waals surface area contributed by atoms with Gasteiger partial charge >= 0.3 is 0 Å². The number of sulfonamides is 1. The molecule has 4 nitrogen and oxygen atoms in total. The molecule has 0 heterocycles. The van der Waals surface area contributed by atoms with Gasteiger partial charge in [0.15, 0.2) is 0 Å². The zero-order valence-corrected chi connectivity index (χ0v) is 12.6. The van der Waals surface area contributed by atoms with Crippen LogP contribution < -0.4 is 4.72 Å². The molecule has 21 heavy (non-hydrogen) atoms. The third-order valence-corrected chi connectivity index (χ3v) is 4.94. The van der Waals surface area contributed by atoms with Crippen LogP contribution in [0.4, 0.5) is 4.39 Å². The summed E-state index contributed by atoms with van der Waals surface area (Å²) in [6.45, 7) is 2.26. The Morgan fingerprint density at radius 3 is 2.76 bits per heavy atom. The quantitative estimate of drug-likeness (QED) is 0.812. The van der Waals surface area contributed by atoms with E-state index in [1.54, 1.807) is 0 Å². The van der Waals surface area contributed by atoms with Gasteiger partial charge in [-0.05, 0) is 36.5 Å². The van der Waals surface area contributed by atoms with Gasteiger partial charge in [-0.25, -0.2) is 17.5 Å². The van der Waals surface area contributed by atoms with Crippen molar-refractivity contribution in [2.75, 3.05) is 13.2 Å². The lowest BCUT2D eigenvalue weighted by atomic mass is 10.2. The van der Waals surface area contributed by atoms with Crippen LogP contribution in [0.3, 0.4) is 0 Å². The molecule has 1 aromatic carbocycles. The molecule has 0 unspecified atom stereocenters. The molecule has 0 amide bonds. The normalized spacial score (nSPS) is 16.1. The summed E-state index contributed by atoms with van der Waals surface area (Å²) in [5, 5.41) is 8.70. The van der Waals surface area contributed by atoms with Crippen molar-refractivity contribution in [3.8, 4) is 11.8 Å². The van der Waals surface area contributed by atoms with E-state index in [2.05, 4.69) is 16.6 Å². The molecule has 2 rings (SSSR count). The maximum Gasteiger partial charge on any atom is 0.241 e. The second-order valence-electron chi connectivity index (χ2n) is 5.55. The van der Waals surface area contributed by atoms with Crippen LogP contribution in [0.2, 0.25) is 0 Å². The van der Waals surface area contributed by atoms with E-state index in [4.69, 9.17) is 5.11 Å². The molecule has 1 saturated carbocycles. The summed E-state index contributed by atoms with van der Waals surface area (Å²) in [5.41, 5.74) is 0.146. The number of nitrogens with one attached hydrogen (secondary N) is 1. The minimum atomic E-state index is -3.72. The van der Waals surface area contributed by atoms with E-state index in [0.29, 0.717) is 6.54 Å². The highest BCUT2D eigenvalue weighted by atomic mass is 32.2. The second kappa shape index (κ2) is 6.14. The molecule has 0 saturated heterocycles. The predicted octanol–water partition coefficient (Wildman–Crippen LogP) is 1.64. The van der Waals surface area contributed by atoms with Crippen molar-refractivity contribution >= 4 is 10.0 Å². The van der Waals surface area contributed by atoms with Gasteiger partial charge in [-0.3, -0.25) is 0 Å². The van der Waals surface area contributed by atoms with Crippen LogP contribution >= 0.6 is 0 Å². The fourth-order valence-electron chi connectivity index (χ4n) is 1.79. The van der Waals surface area contributed by atoms with E-state index < -0.39 is 15.8 Å². The molecule has 0 aromatic heterocycles. The first-order valence-corrected chi connectivity index (χ1v) is 8.24. The van der Waals surface area contributed by atoms with Crippen molar-refractivity contribution < 1.29 is 17.9 Å². The van der Waals surface area contributed by atoms with Gasteiger partial charge in [0, 0.05) is 18.5 Å². The van der Waals surface area contributed by atoms with Crippen LogP contribution in [0.5, 0.6) is 0 Å². The van der Waals surface area contributed by atoms with Crippen LogP contribution in [-0.2, 0) is 10.0 Å². The number of benzene rings is 1. The average molecular weight is 311 g/mol. The molecule has 1 aliphatic rings. The van der Waals surface area contributed by atoms with Gasteiger partial charge < -0.3 is 5.11 Å². The largest absolute Gasteiger partial charge is 0.395 e. The molecular weight excluding hydrogens is 293 g/mol. The second-order valence-corrected chi connectivity index (χ2v) is 7.29. The van der Waals surface area contributed by atoms with Crippen molar-refractivity contribution in [1.82, 2.24) is 4.72 Å². The first-order chi connectivity index (χ1) is 9.86. The Morgan fingerprint density at radius 1 is 1.43 bits per heavy atom. The van der Waals surface area contributed by atoms with Crippen LogP contribution in [-0.4, -0.2) is 26.7 Å². The third-order valence-electron chi connectivity index (χ3n) is 3.48. The summed E-state index contributed by atoms with van der Waals surface area (Å²) in [7, 11) is -3.72. The maximum atomic E-state index is 13.3. The molecule has 1 aromatic rings. The van der Waals surface area contributed by atoms with Crippen molar-refractivity contribution in [2.24, 2.45) is 5.41 Å². The summed E-state index contributed by atoms with van der Waals surface area (Å²) in [6.07, 6.45) is 2.21. The Morgan fingerprint density at radius 2 is 2.14 bits per heavy atom. The Hall–Kier alpha value is -1.42. The predicted molar refractivity (Wildman–Crippen MR) is 77.5 cm³/mol. The number of aliphatic hydroxyl groups is 1. The van der Waals surface area contributed by atoms with Crippen molar-refractivity contribution in [1.29, 1.82) is 0 Å². The number of hydrogen-bond acceptors (Lipinski definition) is 3. The van der Waals surface area contributed by atoms with Gasteiger partial charge in [0.1, 0.15) is 5.82 Å². The maximum absolute atomic E-state index is 13.3. The van der Waals surface area contributed by atoms with Crippen molar-refractivity contribution in [3.05, 3.63) is 29.6 Å². The Kier molecular flexibility index (Phi) is 4.67. The Bertz CT molecular complexity index is 685. The molecule has 0 atom stereocenters. The van der Waals surface area contributed by atoms with E-state index in [9.17, 15) is 12.8 Å². The highest BCUT2D eigenvalue weighted by Crippen LogP contribution is 2.44. The molecule has 114 valence electrons. The van der Waals surface area contributed by atoms with Gasteiger partial charge in [0.05, 0.1) is 11.5 Å². The van der Waals surface area contributed by atoms with Crippen LogP contribution in [0.25, 0.3) is 0 Å². The molecule has 6 heteroatoms. The van der Waals surface area contributed by atoms with Crippen LogP contribution in [0.1, 0.15) is 31.7 Å². The zero-order valence-electron chi connectivity index (χ0n) is 11.8. The van der Waals surface area contributed by atoms with Gasteiger partial charge in [-0.15, -0.1) is 0 Å². The SMILES string of the molecule is CC1(CNS(=O)(=O)c2ccc(F)cc2C#CCCO)CC1. The van der Waals surface area contributed by atoms with Gasteiger partial charge in [0.25, 0.3) is 0 Å². The summed E-state index contributed by atoms with van der Waals surface area (Å²) in [4.78, 5) is -0.0291. The molecule has 0 aliphatic heterocycles. The summed E-state index contributed by atoms with van der Waals surface area (Å²) in [6, 6.07) is 3.41. The lowest BCUT2D eigenvalue weighted by Crippen LogP contribution is -2.29. The number of aliphatic hydroxyl groups excluding tert-OH is 1. The van der Waals surface area contributed by atoms with Crippen LogP contribution in [0.15, 0.2) is 23.1 Å². The Labute approximate surface area is 124 Å². The molecule has 1 aliphatic carbocycles. The summed E-state index contributed by atoms with van der Waals surface area (Å²) < 4.78 is 40.5. The first kappa shape index (κ1) is 16.0. The molecular formula is C15H18FNO3S. The zero-order chi connectivity index (χ0) is 15.5. The van der Waals surface area contributed by atoms with Crippen molar-refractivity contribution in [2.45, 2.75) is 31.1 Å². The third kappa shape index (κ3) is 4.27. The Balaban J connectivity index is 2.27.